The van der Waals surface area contributed by atoms with Gasteiger partial charge in [-0.05, 0) is 24.5 Å². The molecule has 1 aromatic carbocycles. The van der Waals surface area contributed by atoms with Crippen LogP contribution in [0.1, 0.15) is 18.9 Å². The van der Waals surface area contributed by atoms with Gasteiger partial charge in [-0.2, -0.15) is 10.2 Å². The van der Waals surface area contributed by atoms with E-state index in [9.17, 15) is 0 Å². The summed E-state index contributed by atoms with van der Waals surface area (Å²) >= 11 is 12.6. The van der Waals surface area contributed by atoms with Gasteiger partial charge in [0.2, 0.25) is 11.9 Å². The topological polar surface area (TPSA) is 101 Å². The first-order valence-electron chi connectivity index (χ1n) is 9.16. The maximum Gasteiger partial charge on any atom is 0.224 e. The molecule has 2 N–H and O–H groups in total. The number of aromatic nitrogens is 4. The lowest BCUT2D eigenvalue weighted by Crippen LogP contribution is -2.36. The van der Waals surface area contributed by atoms with Gasteiger partial charge in [0.25, 0.3) is 0 Å². The molecular weight excluding hydrogens is 413 g/mol. The molecule has 150 valence electrons. The molecule has 1 fully saturated rings. The minimum Gasteiger partial charge on any atom is -0.381 e. The first kappa shape index (κ1) is 19.7. The summed E-state index contributed by atoms with van der Waals surface area (Å²) in [5.74, 6) is 1.45. The van der Waals surface area contributed by atoms with Gasteiger partial charge >= 0.3 is 0 Å². The summed E-state index contributed by atoms with van der Waals surface area (Å²) in [6.45, 7) is 3.61. The molecule has 3 aromatic rings. The van der Waals surface area contributed by atoms with Crippen LogP contribution in [-0.2, 0) is 11.8 Å². The second-order valence-electron chi connectivity index (χ2n) is 7.04. The molecule has 4 rings (SSSR count). The number of halogens is 2. The summed E-state index contributed by atoms with van der Waals surface area (Å²) in [6, 6.07) is 5.39. The molecule has 0 saturated carbocycles. The molecule has 29 heavy (non-hydrogen) atoms. The predicted molar refractivity (Wildman–Crippen MR) is 113 cm³/mol. The predicted octanol–water partition coefficient (Wildman–Crippen LogP) is 4.12. The van der Waals surface area contributed by atoms with Gasteiger partial charge in [0, 0.05) is 19.7 Å². The third-order valence-electron chi connectivity index (χ3n) is 4.98. The molecule has 0 spiro atoms. The second-order valence-corrected chi connectivity index (χ2v) is 7.85. The highest BCUT2D eigenvalue weighted by atomic mass is 35.5. The van der Waals surface area contributed by atoms with Crippen molar-refractivity contribution in [1.29, 1.82) is 5.26 Å². The molecule has 0 unspecified atom stereocenters. The molecule has 0 bridgehead atoms. The number of rotatable bonds is 4. The van der Waals surface area contributed by atoms with Crippen LogP contribution in [-0.4, -0.2) is 38.8 Å². The number of hydrogen-bond donors (Lipinski definition) is 2. The first-order valence-corrected chi connectivity index (χ1v) is 9.91. The Morgan fingerprint density at radius 1 is 1.28 bits per heavy atom. The molecule has 0 aliphatic carbocycles. The van der Waals surface area contributed by atoms with E-state index >= 15 is 0 Å². The molecule has 0 amide bonds. The van der Waals surface area contributed by atoms with E-state index in [0.29, 0.717) is 50.3 Å². The molecular formula is C19H19Cl2N7O. The SMILES string of the molecule is C[C@@H]1COCC[C@H]1Nc1ncc2nc(Nc3c(Cl)cc(C#N)cc3Cl)n(C)c2n1. The molecule has 2 aromatic heterocycles. The zero-order chi connectivity index (χ0) is 20.5. The average molecular weight is 432 g/mol. The van der Waals surface area contributed by atoms with Crippen molar-refractivity contribution in [3.8, 4) is 6.07 Å². The van der Waals surface area contributed by atoms with Gasteiger partial charge in [-0.3, -0.25) is 4.57 Å². The summed E-state index contributed by atoms with van der Waals surface area (Å²) in [5.41, 5.74) is 2.18. The Hall–Kier alpha value is -2.60. The number of hydrogen-bond acceptors (Lipinski definition) is 7. The third-order valence-corrected chi connectivity index (χ3v) is 5.57. The largest absolute Gasteiger partial charge is 0.381 e. The van der Waals surface area contributed by atoms with Crippen LogP contribution in [0.15, 0.2) is 18.3 Å². The lowest BCUT2D eigenvalue weighted by atomic mass is 9.98. The summed E-state index contributed by atoms with van der Waals surface area (Å²) in [4.78, 5) is 13.6. The molecule has 1 aliphatic rings. The van der Waals surface area contributed by atoms with Crippen molar-refractivity contribution in [3.05, 3.63) is 33.9 Å². The molecule has 2 atom stereocenters. The zero-order valence-corrected chi connectivity index (χ0v) is 17.4. The molecule has 1 saturated heterocycles. The lowest BCUT2D eigenvalue weighted by molar-refractivity contribution is 0.0536. The normalized spacial score (nSPS) is 19.1. The van der Waals surface area contributed by atoms with E-state index in [1.54, 1.807) is 22.9 Å². The van der Waals surface area contributed by atoms with Crippen molar-refractivity contribution in [2.45, 2.75) is 19.4 Å². The Morgan fingerprint density at radius 3 is 2.72 bits per heavy atom. The third kappa shape index (κ3) is 3.94. The first-order chi connectivity index (χ1) is 14.0. The van der Waals surface area contributed by atoms with E-state index in [-0.39, 0.29) is 6.04 Å². The maximum atomic E-state index is 9.03. The highest BCUT2D eigenvalue weighted by molar-refractivity contribution is 6.39. The van der Waals surface area contributed by atoms with Crippen molar-refractivity contribution in [2.75, 3.05) is 23.8 Å². The fraction of sp³-hybridized carbons (Fsp3) is 0.368. The van der Waals surface area contributed by atoms with E-state index < -0.39 is 0 Å². The van der Waals surface area contributed by atoms with Crippen molar-refractivity contribution in [3.63, 3.8) is 0 Å². The number of benzene rings is 1. The smallest absolute Gasteiger partial charge is 0.224 e. The molecule has 1 aliphatic heterocycles. The quantitative estimate of drug-likeness (QED) is 0.640. The van der Waals surface area contributed by atoms with Gasteiger partial charge < -0.3 is 15.4 Å². The minimum absolute atomic E-state index is 0.267. The van der Waals surface area contributed by atoms with Gasteiger partial charge in [-0.1, -0.05) is 30.1 Å². The van der Waals surface area contributed by atoms with Crippen molar-refractivity contribution in [2.24, 2.45) is 13.0 Å². The standard InChI is InChI=1S/C19H19Cl2N7O/c1-10-9-29-4-3-14(10)24-18-23-8-15-17(27-18)28(2)19(25-15)26-16-12(20)5-11(7-22)6-13(16)21/h5-6,8,10,14H,3-4,9H2,1-2H3,(H,25,26)(H,23,24,27)/t10-,14-/m1/s1. The zero-order valence-electron chi connectivity index (χ0n) is 15.9. The Bertz CT molecular complexity index is 1080. The van der Waals surface area contributed by atoms with E-state index in [1.807, 2.05) is 13.1 Å². The van der Waals surface area contributed by atoms with Crippen LogP contribution in [0.25, 0.3) is 11.2 Å². The Morgan fingerprint density at radius 2 is 2.03 bits per heavy atom. The maximum absolute atomic E-state index is 9.03. The van der Waals surface area contributed by atoms with Crippen molar-refractivity contribution in [1.82, 2.24) is 19.5 Å². The van der Waals surface area contributed by atoms with E-state index in [4.69, 9.17) is 33.2 Å². The summed E-state index contributed by atoms with van der Waals surface area (Å²) in [7, 11) is 1.84. The average Bonchev–Trinajstić information content (AvgIpc) is 3.01. The van der Waals surface area contributed by atoms with E-state index in [1.165, 1.54) is 0 Å². The monoisotopic (exact) mass is 431 g/mol. The van der Waals surface area contributed by atoms with Crippen molar-refractivity contribution < 1.29 is 4.74 Å². The van der Waals surface area contributed by atoms with Crippen molar-refractivity contribution >= 4 is 51.9 Å². The van der Waals surface area contributed by atoms with E-state index in [2.05, 4.69) is 32.5 Å². The molecule has 0 radical (unpaired) electrons. The fourth-order valence-electron chi connectivity index (χ4n) is 3.29. The van der Waals surface area contributed by atoms with Crippen LogP contribution in [0.5, 0.6) is 0 Å². The second kappa shape index (κ2) is 8.03. The van der Waals surface area contributed by atoms with E-state index in [0.717, 1.165) is 19.6 Å². The Balaban J connectivity index is 1.62. The fourth-order valence-corrected chi connectivity index (χ4v) is 3.87. The van der Waals surface area contributed by atoms with Gasteiger partial charge in [0.05, 0.1) is 40.2 Å². The highest BCUT2D eigenvalue weighted by Gasteiger charge is 2.23. The minimum atomic E-state index is 0.267. The van der Waals surface area contributed by atoms with Crippen LogP contribution >= 0.6 is 23.2 Å². The molecule has 10 heteroatoms. The number of nitriles is 1. The van der Waals surface area contributed by atoms with Crippen LogP contribution in [0, 0.1) is 17.2 Å². The number of anilines is 3. The van der Waals surface area contributed by atoms with Gasteiger partial charge in [-0.25, -0.2) is 9.97 Å². The number of fused-ring (bicyclic) bond motifs is 1. The molecule has 3 heterocycles. The van der Waals surface area contributed by atoms with Gasteiger partial charge in [0.1, 0.15) is 5.52 Å². The number of ether oxygens (including phenoxy) is 1. The number of nitrogens with one attached hydrogen (secondary N) is 2. The number of nitrogens with zero attached hydrogens (tertiary/aromatic N) is 5. The van der Waals surface area contributed by atoms with Gasteiger partial charge in [0.15, 0.2) is 5.65 Å². The Kier molecular flexibility index (Phi) is 5.46. The number of aryl methyl sites for hydroxylation is 1. The summed E-state index contributed by atoms with van der Waals surface area (Å²) in [6.07, 6.45) is 2.60. The van der Waals surface area contributed by atoms with Gasteiger partial charge in [-0.15, -0.1) is 0 Å². The number of imidazole rings is 1. The van der Waals surface area contributed by atoms with Crippen LogP contribution in [0.2, 0.25) is 10.0 Å². The van der Waals surface area contributed by atoms with Crippen LogP contribution in [0.3, 0.4) is 0 Å². The highest BCUT2D eigenvalue weighted by Crippen LogP contribution is 2.34. The summed E-state index contributed by atoms with van der Waals surface area (Å²) in [5, 5.41) is 16.2. The molecule has 8 nitrogen and oxygen atoms in total. The lowest BCUT2D eigenvalue weighted by Gasteiger charge is -2.29. The Labute approximate surface area is 177 Å². The van der Waals surface area contributed by atoms with Crippen LogP contribution in [0.4, 0.5) is 17.6 Å². The summed E-state index contributed by atoms with van der Waals surface area (Å²) < 4.78 is 7.30. The van der Waals surface area contributed by atoms with Crippen LogP contribution < -0.4 is 10.6 Å².